The van der Waals surface area contributed by atoms with Gasteiger partial charge in [-0.3, -0.25) is 0 Å². The molecular weight excluding hydrogens is 212 g/mol. The third-order valence-corrected chi connectivity index (χ3v) is 2.91. The van der Waals surface area contributed by atoms with Crippen LogP contribution in [0.2, 0.25) is 0 Å². The molecule has 3 N–H and O–H groups in total. The van der Waals surface area contributed by atoms with Gasteiger partial charge in [0.15, 0.2) is 0 Å². The van der Waals surface area contributed by atoms with Gasteiger partial charge in [0.05, 0.1) is 5.56 Å². The molecule has 0 bridgehead atoms. The van der Waals surface area contributed by atoms with E-state index in [1.54, 1.807) is 20.8 Å². The molecule has 0 aliphatic carbocycles. The maximum atomic E-state index is 13.6. The molecule has 2 nitrogen and oxygen atoms in total. The average molecular weight is 229 g/mol. The lowest BCUT2D eigenvalue weighted by Gasteiger charge is -2.40. The molecule has 0 heterocycles. The lowest BCUT2D eigenvalue weighted by Crippen LogP contribution is -2.47. The van der Waals surface area contributed by atoms with Crippen LogP contribution in [0.1, 0.15) is 26.3 Å². The number of aliphatic hydroxyl groups is 1. The molecule has 0 aliphatic rings. The van der Waals surface area contributed by atoms with Gasteiger partial charge in [-0.25, -0.2) is 8.78 Å². The summed E-state index contributed by atoms with van der Waals surface area (Å²) in [5.74, 6) is -1.55. The fourth-order valence-corrected chi connectivity index (χ4v) is 1.68. The van der Waals surface area contributed by atoms with Crippen molar-refractivity contribution >= 4 is 0 Å². The normalized spacial score (nSPS) is 15.9. The average Bonchev–Trinajstić information content (AvgIpc) is 2.15. The van der Waals surface area contributed by atoms with Crippen LogP contribution in [0.3, 0.4) is 0 Å². The van der Waals surface area contributed by atoms with E-state index in [0.29, 0.717) is 0 Å². The first kappa shape index (κ1) is 13.1. The van der Waals surface area contributed by atoms with Crippen molar-refractivity contribution in [2.45, 2.75) is 26.4 Å². The van der Waals surface area contributed by atoms with E-state index in [1.807, 2.05) is 0 Å². The Kier molecular flexibility index (Phi) is 3.35. The lowest BCUT2D eigenvalue weighted by molar-refractivity contribution is -0.0611. The summed E-state index contributed by atoms with van der Waals surface area (Å²) in [6.07, 6.45) is 0. The van der Waals surface area contributed by atoms with E-state index < -0.39 is 22.7 Å². The molecule has 1 unspecified atom stereocenters. The zero-order valence-corrected chi connectivity index (χ0v) is 9.72. The Morgan fingerprint density at radius 2 is 1.62 bits per heavy atom. The Morgan fingerprint density at radius 3 is 1.94 bits per heavy atom. The van der Waals surface area contributed by atoms with E-state index in [0.717, 1.165) is 12.1 Å². The molecule has 1 atom stereocenters. The van der Waals surface area contributed by atoms with Crippen molar-refractivity contribution in [1.82, 2.24) is 0 Å². The fraction of sp³-hybridized carbons (Fsp3) is 0.500. The first-order chi connectivity index (χ1) is 7.24. The van der Waals surface area contributed by atoms with Crippen LogP contribution < -0.4 is 5.73 Å². The van der Waals surface area contributed by atoms with Crippen molar-refractivity contribution in [3.05, 3.63) is 35.4 Å². The maximum Gasteiger partial charge on any atom is 0.132 e. The van der Waals surface area contributed by atoms with Crippen LogP contribution in [0, 0.1) is 17.0 Å². The molecule has 0 aromatic heterocycles. The van der Waals surface area contributed by atoms with Gasteiger partial charge < -0.3 is 10.8 Å². The summed E-state index contributed by atoms with van der Waals surface area (Å²) in [6, 6.07) is 3.49. The van der Waals surface area contributed by atoms with E-state index in [4.69, 9.17) is 5.73 Å². The minimum Gasteiger partial charge on any atom is -0.383 e. The topological polar surface area (TPSA) is 46.2 Å². The summed E-state index contributed by atoms with van der Waals surface area (Å²) in [5, 5.41) is 10.4. The monoisotopic (exact) mass is 229 g/mol. The first-order valence-electron chi connectivity index (χ1n) is 5.11. The highest BCUT2D eigenvalue weighted by Crippen LogP contribution is 2.40. The predicted octanol–water partition coefficient (Wildman–Crippen LogP) is 2.16. The second kappa shape index (κ2) is 4.11. The Labute approximate surface area is 94.1 Å². The van der Waals surface area contributed by atoms with Gasteiger partial charge in [-0.2, -0.15) is 0 Å². The molecule has 0 fully saturated rings. The van der Waals surface area contributed by atoms with Crippen molar-refractivity contribution in [3.8, 4) is 0 Å². The zero-order chi connectivity index (χ0) is 12.6. The quantitative estimate of drug-likeness (QED) is 0.816. The Hall–Kier alpha value is -1.00. The Bertz CT molecular complexity index is 367. The van der Waals surface area contributed by atoms with Gasteiger partial charge in [-0.15, -0.1) is 0 Å². The minimum absolute atomic E-state index is 0.242. The second-order valence-electron chi connectivity index (χ2n) is 4.91. The zero-order valence-electron chi connectivity index (χ0n) is 9.72. The van der Waals surface area contributed by atoms with Gasteiger partial charge in [0.1, 0.15) is 17.2 Å². The summed E-state index contributed by atoms with van der Waals surface area (Å²) in [6.45, 7) is 4.82. The van der Waals surface area contributed by atoms with E-state index in [9.17, 15) is 13.9 Å². The van der Waals surface area contributed by atoms with Gasteiger partial charge in [0.2, 0.25) is 0 Å². The summed E-state index contributed by atoms with van der Waals surface area (Å²) in [5.41, 5.74) is 2.64. The number of hydrogen-bond acceptors (Lipinski definition) is 2. The third kappa shape index (κ3) is 1.95. The van der Waals surface area contributed by atoms with Crippen molar-refractivity contribution in [2.75, 3.05) is 6.54 Å². The van der Waals surface area contributed by atoms with Crippen molar-refractivity contribution in [2.24, 2.45) is 11.1 Å². The van der Waals surface area contributed by atoms with Gasteiger partial charge in [0, 0.05) is 6.54 Å². The molecule has 1 aromatic carbocycles. The molecule has 0 aliphatic heterocycles. The highest BCUT2D eigenvalue weighted by Gasteiger charge is 2.44. The van der Waals surface area contributed by atoms with E-state index in [2.05, 4.69) is 0 Å². The van der Waals surface area contributed by atoms with Crippen LogP contribution in [-0.2, 0) is 5.60 Å². The van der Waals surface area contributed by atoms with E-state index in [-0.39, 0.29) is 12.1 Å². The van der Waals surface area contributed by atoms with Crippen molar-refractivity contribution in [1.29, 1.82) is 0 Å². The largest absolute Gasteiger partial charge is 0.383 e. The highest BCUT2D eigenvalue weighted by molar-refractivity contribution is 5.28. The van der Waals surface area contributed by atoms with E-state index in [1.165, 1.54) is 6.07 Å². The lowest BCUT2D eigenvalue weighted by atomic mass is 9.72. The first-order valence-corrected chi connectivity index (χ1v) is 5.11. The molecule has 1 rings (SSSR count). The summed E-state index contributed by atoms with van der Waals surface area (Å²) in [4.78, 5) is 0. The number of hydrogen-bond donors (Lipinski definition) is 2. The second-order valence-corrected chi connectivity index (χ2v) is 4.91. The van der Waals surface area contributed by atoms with Crippen LogP contribution >= 0.6 is 0 Å². The van der Waals surface area contributed by atoms with Gasteiger partial charge in [-0.1, -0.05) is 26.8 Å². The van der Waals surface area contributed by atoms with Crippen molar-refractivity contribution < 1.29 is 13.9 Å². The third-order valence-electron chi connectivity index (χ3n) is 2.91. The highest BCUT2D eigenvalue weighted by atomic mass is 19.1. The molecule has 0 saturated carbocycles. The molecule has 0 amide bonds. The standard InChI is InChI=1S/C12H17F2NO/c1-11(2,3)12(16,7-15)10-8(13)5-4-6-9(10)14/h4-6,16H,7,15H2,1-3H3. The number of benzene rings is 1. The van der Waals surface area contributed by atoms with Gasteiger partial charge >= 0.3 is 0 Å². The Morgan fingerprint density at radius 1 is 1.19 bits per heavy atom. The SMILES string of the molecule is CC(C)(C)C(O)(CN)c1c(F)cccc1F. The number of rotatable bonds is 2. The summed E-state index contributed by atoms with van der Waals surface area (Å²) < 4.78 is 27.2. The minimum atomic E-state index is -1.72. The molecule has 90 valence electrons. The van der Waals surface area contributed by atoms with Crippen LogP contribution in [0.25, 0.3) is 0 Å². The van der Waals surface area contributed by atoms with Crippen LogP contribution in [-0.4, -0.2) is 11.7 Å². The smallest absolute Gasteiger partial charge is 0.132 e. The molecule has 16 heavy (non-hydrogen) atoms. The van der Waals surface area contributed by atoms with Crippen LogP contribution in [0.4, 0.5) is 8.78 Å². The van der Waals surface area contributed by atoms with Crippen LogP contribution in [0.5, 0.6) is 0 Å². The van der Waals surface area contributed by atoms with Gasteiger partial charge in [-0.05, 0) is 17.5 Å². The van der Waals surface area contributed by atoms with Crippen LogP contribution in [0.15, 0.2) is 18.2 Å². The molecule has 0 saturated heterocycles. The maximum absolute atomic E-state index is 13.6. The summed E-state index contributed by atoms with van der Waals surface area (Å²) >= 11 is 0. The van der Waals surface area contributed by atoms with Gasteiger partial charge in [0.25, 0.3) is 0 Å². The molecule has 0 spiro atoms. The molecular formula is C12H17F2NO. The number of nitrogens with two attached hydrogens (primary N) is 1. The molecule has 1 aromatic rings. The van der Waals surface area contributed by atoms with Crippen molar-refractivity contribution in [3.63, 3.8) is 0 Å². The predicted molar refractivity (Wildman–Crippen MR) is 58.8 cm³/mol. The Balaban J connectivity index is 3.46. The molecule has 4 heteroatoms. The fourth-order valence-electron chi connectivity index (χ4n) is 1.68. The summed E-state index contributed by atoms with van der Waals surface area (Å²) in [7, 11) is 0. The molecule has 0 radical (unpaired) electrons. The van der Waals surface area contributed by atoms with E-state index >= 15 is 0 Å². The number of halogens is 2.